The Morgan fingerprint density at radius 3 is 2.63 bits per heavy atom. The van der Waals surface area contributed by atoms with E-state index in [4.69, 9.17) is 4.74 Å². The van der Waals surface area contributed by atoms with Crippen LogP contribution in [0.5, 0.6) is 5.75 Å². The lowest BCUT2D eigenvalue weighted by Gasteiger charge is -2.33. The number of halogens is 1. The van der Waals surface area contributed by atoms with E-state index in [0.29, 0.717) is 12.4 Å². The van der Waals surface area contributed by atoms with Gasteiger partial charge in [-0.15, -0.1) is 0 Å². The number of nitrogens with one attached hydrogen (secondary N) is 1. The Balaban J connectivity index is 1.45. The van der Waals surface area contributed by atoms with Gasteiger partial charge >= 0.3 is 0 Å². The smallest absolute Gasteiger partial charge is 0.229 e. The summed E-state index contributed by atoms with van der Waals surface area (Å²) in [5.74, 6) is 1.63. The molecule has 0 spiro atoms. The molecule has 7 heteroatoms. The van der Waals surface area contributed by atoms with Crippen molar-refractivity contribution in [3.8, 4) is 17.1 Å². The van der Waals surface area contributed by atoms with Crippen LogP contribution in [0.3, 0.4) is 0 Å². The van der Waals surface area contributed by atoms with Gasteiger partial charge in [0.15, 0.2) is 5.82 Å². The Morgan fingerprint density at radius 1 is 1.13 bits per heavy atom. The van der Waals surface area contributed by atoms with Crippen LogP contribution < -0.4 is 15.0 Å². The molecule has 1 atom stereocenters. The van der Waals surface area contributed by atoms with E-state index >= 15 is 0 Å². The van der Waals surface area contributed by atoms with E-state index in [9.17, 15) is 9.18 Å². The average Bonchev–Trinajstić information content (AvgIpc) is 2.80. The van der Waals surface area contributed by atoms with E-state index in [1.807, 2.05) is 30.3 Å². The molecule has 0 bridgehead atoms. The van der Waals surface area contributed by atoms with Crippen molar-refractivity contribution < 1.29 is 13.9 Å². The minimum absolute atomic E-state index is 0.00215. The number of piperidine rings is 1. The normalized spacial score (nSPS) is 16.2. The van der Waals surface area contributed by atoms with Gasteiger partial charge in [0.05, 0.1) is 13.0 Å². The standard InChI is InChI=1S/C23H23FN4O2/c1-30-20-10-8-19(9-11-20)26-23(29)17-3-2-14-28(15-17)21-12-13-25-22(27-21)16-4-6-18(24)7-5-16/h4-13,17H,2-3,14-15H2,1H3,(H,26,29)/t17-/m1/s1. The van der Waals surface area contributed by atoms with Crippen molar-refractivity contribution in [1.29, 1.82) is 0 Å². The highest BCUT2D eigenvalue weighted by Gasteiger charge is 2.27. The zero-order valence-electron chi connectivity index (χ0n) is 16.7. The maximum Gasteiger partial charge on any atom is 0.229 e. The molecule has 30 heavy (non-hydrogen) atoms. The summed E-state index contributed by atoms with van der Waals surface area (Å²) in [5.41, 5.74) is 1.50. The van der Waals surface area contributed by atoms with E-state index in [0.717, 1.165) is 42.2 Å². The molecule has 1 fully saturated rings. The summed E-state index contributed by atoms with van der Waals surface area (Å²) in [5, 5.41) is 2.99. The molecule has 1 aromatic heterocycles. The predicted octanol–water partition coefficient (Wildman–Crippen LogP) is 4.15. The summed E-state index contributed by atoms with van der Waals surface area (Å²) in [6.45, 7) is 1.41. The Bertz CT molecular complexity index is 1010. The number of benzene rings is 2. The second kappa shape index (κ2) is 8.90. The van der Waals surface area contributed by atoms with E-state index in [2.05, 4.69) is 20.2 Å². The molecular weight excluding hydrogens is 383 g/mol. The zero-order valence-corrected chi connectivity index (χ0v) is 16.7. The first kappa shape index (κ1) is 19.8. The maximum atomic E-state index is 13.2. The molecule has 0 saturated carbocycles. The van der Waals surface area contributed by atoms with Gasteiger partial charge in [0.2, 0.25) is 5.91 Å². The van der Waals surface area contributed by atoms with Gasteiger partial charge in [-0.05, 0) is 67.4 Å². The number of carbonyl (C=O) groups is 1. The molecule has 1 amide bonds. The minimum Gasteiger partial charge on any atom is -0.497 e. The van der Waals surface area contributed by atoms with Crippen molar-refractivity contribution in [3.63, 3.8) is 0 Å². The van der Waals surface area contributed by atoms with E-state index < -0.39 is 0 Å². The summed E-state index contributed by atoms with van der Waals surface area (Å²) in [7, 11) is 1.61. The number of amides is 1. The van der Waals surface area contributed by atoms with Crippen molar-refractivity contribution in [2.24, 2.45) is 5.92 Å². The van der Waals surface area contributed by atoms with E-state index in [1.165, 1.54) is 12.1 Å². The summed E-state index contributed by atoms with van der Waals surface area (Å²) in [6.07, 6.45) is 3.42. The number of methoxy groups -OCH3 is 1. The van der Waals surface area contributed by atoms with Crippen LogP contribution in [0.15, 0.2) is 60.8 Å². The Kier molecular flexibility index (Phi) is 5.88. The van der Waals surface area contributed by atoms with Crippen LogP contribution in [0.1, 0.15) is 12.8 Å². The van der Waals surface area contributed by atoms with Crippen molar-refractivity contribution >= 4 is 17.4 Å². The molecule has 154 valence electrons. The maximum absolute atomic E-state index is 13.2. The molecule has 0 radical (unpaired) electrons. The Hall–Kier alpha value is -3.48. The third-order valence-electron chi connectivity index (χ3n) is 5.22. The van der Waals surface area contributed by atoms with Gasteiger partial charge in [-0.3, -0.25) is 4.79 Å². The van der Waals surface area contributed by atoms with E-state index in [-0.39, 0.29) is 17.6 Å². The van der Waals surface area contributed by atoms with Crippen molar-refractivity contribution in [2.45, 2.75) is 12.8 Å². The fourth-order valence-electron chi connectivity index (χ4n) is 3.58. The number of anilines is 2. The molecule has 0 aliphatic carbocycles. The topological polar surface area (TPSA) is 67.3 Å². The number of rotatable bonds is 5. The summed E-state index contributed by atoms with van der Waals surface area (Å²) in [6, 6.07) is 15.3. The van der Waals surface area contributed by atoms with Gasteiger partial charge in [0.1, 0.15) is 17.4 Å². The fraction of sp³-hybridized carbons (Fsp3) is 0.261. The SMILES string of the molecule is COc1ccc(NC(=O)[C@@H]2CCCN(c3ccnc(-c4ccc(F)cc4)n3)C2)cc1. The van der Waals surface area contributed by atoms with Crippen molar-refractivity contribution in [2.75, 3.05) is 30.4 Å². The van der Waals surface area contributed by atoms with Crippen LogP contribution in [0.2, 0.25) is 0 Å². The lowest BCUT2D eigenvalue weighted by molar-refractivity contribution is -0.120. The van der Waals surface area contributed by atoms with Gasteiger partial charge < -0.3 is 15.0 Å². The molecule has 1 saturated heterocycles. The van der Waals surface area contributed by atoms with Crippen LogP contribution >= 0.6 is 0 Å². The molecule has 0 unspecified atom stereocenters. The van der Waals surface area contributed by atoms with Crippen LogP contribution in [-0.4, -0.2) is 36.1 Å². The molecule has 2 heterocycles. The van der Waals surface area contributed by atoms with Crippen LogP contribution in [0.25, 0.3) is 11.4 Å². The second-order valence-corrected chi connectivity index (χ2v) is 7.25. The van der Waals surface area contributed by atoms with Gasteiger partial charge in [-0.25, -0.2) is 14.4 Å². The summed E-state index contributed by atoms with van der Waals surface area (Å²) < 4.78 is 18.3. The molecule has 3 aromatic rings. The van der Waals surface area contributed by atoms with Gasteiger partial charge in [-0.1, -0.05) is 0 Å². The summed E-state index contributed by atoms with van der Waals surface area (Å²) in [4.78, 5) is 23.8. The van der Waals surface area contributed by atoms with Gasteiger partial charge in [0, 0.05) is 30.5 Å². The molecule has 1 aliphatic heterocycles. The third-order valence-corrected chi connectivity index (χ3v) is 5.22. The first-order valence-electron chi connectivity index (χ1n) is 9.91. The average molecular weight is 406 g/mol. The number of aromatic nitrogens is 2. The second-order valence-electron chi connectivity index (χ2n) is 7.25. The third kappa shape index (κ3) is 4.56. The molecule has 2 aromatic carbocycles. The Labute approximate surface area is 174 Å². The highest BCUT2D eigenvalue weighted by molar-refractivity contribution is 5.93. The predicted molar refractivity (Wildman–Crippen MR) is 114 cm³/mol. The van der Waals surface area contributed by atoms with Gasteiger partial charge in [-0.2, -0.15) is 0 Å². The number of hydrogen-bond donors (Lipinski definition) is 1. The number of carbonyl (C=O) groups excluding carboxylic acids is 1. The first-order chi connectivity index (χ1) is 14.6. The van der Waals surface area contributed by atoms with Crippen LogP contribution in [-0.2, 0) is 4.79 Å². The van der Waals surface area contributed by atoms with E-state index in [1.54, 1.807) is 25.4 Å². The number of nitrogens with zero attached hydrogens (tertiary/aromatic N) is 3. The zero-order chi connectivity index (χ0) is 20.9. The van der Waals surface area contributed by atoms with Crippen molar-refractivity contribution in [3.05, 3.63) is 66.6 Å². The first-order valence-corrected chi connectivity index (χ1v) is 9.91. The number of hydrogen-bond acceptors (Lipinski definition) is 5. The summed E-state index contributed by atoms with van der Waals surface area (Å²) >= 11 is 0. The molecular formula is C23H23FN4O2. The van der Waals surface area contributed by atoms with Crippen LogP contribution in [0, 0.1) is 11.7 Å². The number of ether oxygens (including phenoxy) is 1. The van der Waals surface area contributed by atoms with Crippen LogP contribution in [0.4, 0.5) is 15.9 Å². The van der Waals surface area contributed by atoms with Crippen molar-refractivity contribution in [1.82, 2.24) is 9.97 Å². The molecule has 6 nitrogen and oxygen atoms in total. The fourth-order valence-corrected chi connectivity index (χ4v) is 3.58. The lowest BCUT2D eigenvalue weighted by Crippen LogP contribution is -2.41. The lowest BCUT2D eigenvalue weighted by atomic mass is 9.97. The Morgan fingerprint density at radius 2 is 1.90 bits per heavy atom. The highest BCUT2D eigenvalue weighted by Crippen LogP contribution is 2.25. The van der Waals surface area contributed by atoms with Gasteiger partial charge in [0.25, 0.3) is 0 Å². The monoisotopic (exact) mass is 406 g/mol. The minimum atomic E-state index is -0.295. The quantitative estimate of drug-likeness (QED) is 0.690. The largest absolute Gasteiger partial charge is 0.497 e. The molecule has 1 N–H and O–H groups in total. The molecule has 1 aliphatic rings. The molecule has 4 rings (SSSR count). The highest BCUT2D eigenvalue weighted by atomic mass is 19.1.